The maximum absolute atomic E-state index is 14.0. The smallest absolute Gasteiger partial charge is 0.270 e. The van der Waals surface area contributed by atoms with Crippen LogP contribution in [-0.2, 0) is 23.9 Å². The van der Waals surface area contributed by atoms with E-state index in [1.807, 2.05) is 32.0 Å². The predicted octanol–water partition coefficient (Wildman–Crippen LogP) is 3.37. The fourth-order valence-corrected chi connectivity index (χ4v) is 5.76. The summed E-state index contributed by atoms with van der Waals surface area (Å²) in [6, 6.07) is 5.38. The van der Waals surface area contributed by atoms with Crippen molar-refractivity contribution in [2.24, 2.45) is 17.8 Å². The molecule has 1 saturated heterocycles. The Hall–Kier alpha value is -2.69. The molecule has 1 aromatic carbocycles. The van der Waals surface area contributed by atoms with Gasteiger partial charge in [-0.25, -0.2) is 0 Å². The standard InChI is InChI=1S/C31H50N4O6/c1-20(2)14-24(19-40-8)33-28(36)22-15-23(18-32-17-22)29(37)35(21(3)4)25-10-11-27-26(16-25)34(12-9-13-39-7)30(38)31(5,6)41-27/h10-11,16,20-24,32H,9,12-15,17-19H2,1-8H3,(H,33,36)/t22-,23+,24+/m0/s1. The molecule has 2 heterocycles. The van der Waals surface area contributed by atoms with Crippen LogP contribution in [0.25, 0.3) is 0 Å². The average Bonchev–Trinajstić information content (AvgIpc) is 2.90. The Balaban J connectivity index is 1.81. The third kappa shape index (κ3) is 8.20. The van der Waals surface area contributed by atoms with E-state index in [9.17, 15) is 14.4 Å². The first-order valence-electron chi connectivity index (χ1n) is 14.9. The summed E-state index contributed by atoms with van der Waals surface area (Å²) in [4.78, 5) is 44.0. The number of carbonyl (C=O) groups is 3. The number of anilines is 2. The van der Waals surface area contributed by atoms with E-state index in [-0.39, 0.29) is 41.6 Å². The minimum Gasteiger partial charge on any atom is -0.476 e. The number of piperidine rings is 1. The molecule has 2 aliphatic heterocycles. The van der Waals surface area contributed by atoms with Crippen LogP contribution in [-0.4, -0.2) is 82.5 Å². The molecule has 2 N–H and O–H groups in total. The summed E-state index contributed by atoms with van der Waals surface area (Å²) in [7, 11) is 3.28. The molecule has 3 amide bonds. The predicted molar refractivity (Wildman–Crippen MR) is 160 cm³/mol. The van der Waals surface area contributed by atoms with Crippen molar-refractivity contribution in [2.75, 3.05) is 56.9 Å². The minimum absolute atomic E-state index is 0.0464. The van der Waals surface area contributed by atoms with Gasteiger partial charge in [0.05, 0.1) is 30.2 Å². The van der Waals surface area contributed by atoms with Gasteiger partial charge in [0.25, 0.3) is 5.91 Å². The van der Waals surface area contributed by atoms with Gasteiger partial charge in [-0.2, -0.15) is 0 Å². The van der Waals surface area contributed by atoms with Gasteiger partial charge in [0, 0.05) is 52.2 Å². The van der Waals surface area contributed by atoms with E-state index in [0.29, 0.717) is 68.7 Å². The number of methoxy groups -OCH3 is 2. The van der Waals surface area contributed by atoms with Crippen LogP contribution >= 0.6 is 0 Å². The fraction of sp³-hybridized carbons (Fsp3) is 0.710. The maximum atomic E-state index is 14.0. The van der Waals surface area contributed by atoms with Gasteiger partial charge in [-0.1, -0.05) is 13.8 Å². The lowest BCUT2D eigenvalue weighted by atomic mass is 9.88. The second kappa shape index (κ2) is 14.5. The van der Waals surface area contributed by atoms with Crippen molar-refractivity contribution in [3.8, 4) is 5.75 Å². The Morgan fingerprint density at radius 3 is 2.49 bits per heavy atom. The van der Waals surface area contributed by atoms with Crippen LogP contribution in [0.2, 0.25) is 0 Å². The molecule has 41 heavy (non-hydrogen) atoms. The van der Waals surface area contributed by atoms with E-state index in [2.05, 4.69) is 24.5 Å². The van der Waals surface area contributed by atoms with Gasteiger partial charge in [-0.05, 0) is 71.1 Å². The summed E-state index contributed by atoms with van der Waals surface area (Å²) >= 11 is 0. The summed E-state index contributed by atoms with van der Waals surface area (Å²) < 4.78 is 16.6. The molecule has 3 atom stereocenters. The van der Waals surface area contributed by atoms with E-state index in [1.54, 1.807) is 37.9 Å². The largest absolute Gasteiger partial charge is 0.476 e. The Labute approximate surface area is 245 Å². The summed E-state index contributed by atoms with van der Waals surface area (Å²) in [5.41, 5.74) is 0.352. The lowest BCUT2D eigenvalue weighted by molar-refractivity contribution is -0.132. The van der Waals surface area contributed by atoms with Crippen molar-refractivity contribution in [2.45, 2.75) is 78.5 Å². The first-order valence-corrected chi connectivity index (χ1v) is 14.9. The molecular formula is C31H50N4O6. The van der Waals surface area contributed by atoms with Gasteiger partial charge >= 0.3 is 0 Å². The van der Waals surface area contributed by atoms with Crippen molar-refractivity contribution in [3.05, 3.63) is 18.2 Å². The molecule has 10 nitrogen and oxygen atoms in total. The van der Waals surface area contributed by atoms with E-state index in [0.717, 1.165) is 6.42 Å². The minimum atomic E-state index is -0.990. The number of hydrogen-bond donors (Lipinski definition) is 2. The Morgan fingerprint density at radius 1 is 1.15 bits per heavy atom. The topological polar surface area (TPSA) is 109 Å². The normalized spacial score (nSPS) is 20.9. The van der Waals surface area contributed by atoms with Crippen molar-refractivity contribution >= 4 is 29.1 Å². The van der Waals surface area contributed by atoms with E-state index in [1.165, 1.54) is 0 Å². The highest BCUT2D eigenvalue weighted by Crippen LogP contribution is 2.41. The molecule has 10 heteroatoms. The molecule has 0 bridgehead atoms. The highest BCUT2D eigenvalue weighted by Gasteiger charge is 2.41. The van der Waals surface area contributed by atoms with Crippen LogP contribution < -0.4 is 25.2 Å². The second-order valence-corrected chi connectivity index (χ2v) is 12.4. The van der Waals surface area contributed by atoms with Crippen molar-refractivity contribution in [1.29, 1.82) is 0 Å². The van der Waals surface area contributed by atoms with Crippen LogP contribution in [0.4, 0.5) is 11.4 Å². The molecule has 230 valence electrons. The second-order valence-electron chi connectivity index (χ2n) is 12.4. The highest BCUT2D eigenvalue weighted by molar-refractivity contribution is 6.04. The molecule has 0 radical (unpaired) electrons. The molecule has 1 aromatic rings. The Bertz CT molecular complexity index is 1060. The van der Waals surface area contributed by atoms with Crippen LogP contribution in [0.1, 0.15) is 60.8 Å². The highest BCUT2D eigenvalue weighted by atomic mass is 16.5. The monoisotopic (exact) mass is 574 g/mol. The fourth-order valence-electron chi connectivity index (χ4n) is 5.76. The number of ether oxygens (including phenoxy) is 3. The SMILES string of the molecule is COCCCN1C(=O)C(C)(C)Oc2ccc(N(C(=O)[C@H]3CNC[C@@H](C(=O)N[C@@H](COC)CC(C)C)C3)C(C)C)cc21. The van der Waals surface area contributed by atoms with Gasteiger partial charge in [0.1, 0.15) is 5.75 Å². The zero-order valence-corrected chi connectivity index (χ0v) is 26.1. The zero-order valence-electron chi connectivity index (χ0n) is 26.1. The first-order chi connectivity index (χ1) is 19.4. The molecular weight excluding hydrogens is 524 g/mol. The van der Waals surface area contributed by atoms with Crippen molar-refractivity contribution in [3.63, 3.8) is 0 Å². The zero-order chi connectivity index (χ0) is 30.3. The quantitative estimate of drug-likeness (QED) is 0.348. The summed E-state index contributed by atoms with van der Waals surface area (Å²) in [6.07, 6.45) is 1.97. The molecule has 0 saturated carbocycles. The molecule has 0 spiro atoms. The van der Waals surface area contributed by atoms with Gasteiger partial charge in [-0.15, -0.1) is 0 Å². The first kappa shape index (κ1) is 32.8. The summed E-state index contributed by atoms with van der Waals surface area (Å²) in [5.74, 6) is 0.130. The maximum Gasteiger partial charge on any atom is 0.270 e. The van der Waals surface area contributed by atoms with E-state index < -0.39 is 5.60 Å². The molecule has 2 aliphatic rings. The number of nitrogens with zero attached hydrogens (tertiary/aromatic N) is 2. The number of fused-ring (bicyclic) bond motifs is 1. The third-order valence-corrected chi connectivity index (χ3v) is 7.66. The van der Waals surface area contributed by atoms with Gasteiger partial charge in [0.2, 0.25) is 11.8 Å². The van der Waals surface area contributed by atoms with Gasteiger partial charge in [-0.3, -0.25) is 14.4 Å². The summed E-state index contributed by atoms with van der Waals surface area (Å²) in [6.45, 7) is 14.2. The van der Waals surface area contributed by atoms with Crippen LogP contribution in [0.5, 0.6) is 5.75 Å². The lowest BCUT2D eigenvalue weighted by Gasteiger charge is -2.40. The molecule has 0 aromatic heterocycles. The number of benzene rings is 1. The molecule has 0 unspecified atom stereocenters. The molecule has 1 fully saturated rings. The molecule has 0 aliphatic carbocycles. The van der Waals surface area contributed by atoms with Gasteiger partial charge in [0.15, 0.2) is 5.60 Å². The summed E-state index contributed by atoms with van der Waals surface area (Å²) in [5, 5.41) is 6.46. The van der Waals surface area contributed by atoms with Crippen LogP contribution in [0, 0.1) is 17.8 Å². The Kier molecular flexibility index (Phi) is 11.6. The van der Waals surface area contributed by atoms with Crippen molar-refractivity contribution in [1.82, 2.24) is 10.6 Å². The molecule has 3 rings (SSSR count). The lowest BCUT2D eigenvalue weighted by Crippen LogP contribution is -2.53. The number of hydrogen-bond acceptors (Lipinski definition) is 7. The third-order valence-electron chi connectivity index (χ3n) is 7.66. The van der Waals surface area contributed by atoms with Crippen LogP contribution in [0.15, 0.2) is 18.2 Å². The number of nitrogens with one attached hydrogen (secondary N) is 2. The van der Waals surface area contributed by atoms with E-state index in [4.69, 9.17) is 14.2 Å². The van der Waals surface area contributed by atoms with Gasteiger partial charge < -0.3 is 34.6 Å². The van der Waals surface area contributed by atoms with E-state index >= 15 is 0 Å². The average molecular weight is 575 g/mol. The van der Waals surface area contributed by atoms with Crippen molar-refractivity contribution < 1.29 is 28.6 Å². The van der Waals surface area contributed by atoms with Crippen LogP contribution in [0.3, 0.4) is 0 Å². The number of amides is 3. The number of carbonyl (C=O) groups excluding carboxylic acids is 3. The number of rotatable bonds is 13. The Morgan fingerprint density at radius 2 is 1.85 bits per heavy atom.